The molecule has 2 aromatic heterocycles. The Labute approximate surface area is 145 Å². The molecule has 1 saturated carbocycles. The lowest BCUT2D eigenvalue weighted by molar-refractivity contribution is 0.599. The summed E-state index contributed by atoms with van der Waals surface area (Å²) in [5, 5.41) is 14.1. The lowest BCUT2D eigenvalue weighted by Gasteiger charge is -2.11. The third-order valence-corrected chi connectivity index (χ3v) is 6.05. The normalized spacial score (nSPS) is 14.4. The van der Waals surface area contributed by atoms with E-state index in [2.05, 4.69) is 14.8 Å². The number of sulfonamides is 1. The summed E-state index contributed by atoms with van der Waals surface area (Å²) in [6.45, 7) is 1.95. The van der Waals surface area contributed by atoms with E-state index >= 15 is 0 Å². The van der Waals surface area contributed by atoms with Gasteiger partial charge in [-0.05, 0) is 37.5 Å². The van der Waals surface area contributed by atoms with Crippen LogP contribution in [0.3, 0.4) is 0 Å². The molecule has 1 N–H and O–H groups in total. The summed E-state index contributed by atoms with van der Waals surface area (Å²) in [5.74, 6) is 0.600. The average molecular weight is 353 g/mol. The molecule has 3 aromatic rings. The third-order valence-electron chi connectivity index (χ3n) is 4.22. The van der Waals surface area contributed by atoms with Gasteiger partial charge in [-0.2, -0.15) is 15.0 Å². The number of nitrogens with one attached hydrogen (secondary N) is 1. The first-order valence-electron chi connectivity index (χ1n) is 7.86. The van der Waals surface area contributed by atoms with Crippen molar-refractivity contribution in [2.24, 2.45) is 0 Å². The number of pyridine rings is 1. The monoisotopic (exact) mass is 353 g/mol. The van der Waals surface area contributed by atoms with E-state index in [1.807, 2.05) is 43.3 Å². The fourth-order valence-corrected chi connectivity index (χ4v) is 4.13. The highest BCUT2D eigenvalue weighted by Crippen LogP contribution is 2.31. The summed E-state index contributed by atoms with van der Waals surface area (Å²) in [6.07, 6.45) is 2.62. The van der Waals surface area contributed by atoms with Crippen LogP contribution in [0.2, 0.25) is 0 Å². The fourth-order valence-electron chi connectivity index (χ4n) is 2.74. The Morgan fingerprint density at radius 1 is 1.32 bits per heavy atom. The van der Waals surface area contributed by atoms with Crippen LogP contribution in [0.1, 0.15) is 24.0 Å². The van der Waals surface area contributed by atoms with Gasteiger partial charge in [0, 0.05) is 5.39 Å². The van der Waals surface area contributed by atoms with Gasteiger partial charge in [0.1, 0.15) is 11.6 Å². The topological polar surface area (TPSA) is 101 Å². The highest BCUT2D eigenvalue weighted by atomic mass is 32.2. The van der Waals surface area contributed by atoms with Crippen molar-refractivity contribution < 1.29 is 8.42 Å². The smallest absolute Gasteiger partial charge is 0.236 e. The molecule has 2 heterocycles. The maximum absolute atomic E-state index is 12.3. The van der Waals surface area contributed by atoms with Gasteiger partial charge in [-0.1, -0.05) is 18.2 Å². The van der Waals surface area contributed by atoms with Crippen molar-refractivity contribution in [1.29, 1.82) is 5.26 Å². The first-order valence-corrected chi connectivity index (χ1v) is 9.41. The number of rotatable bonds is 4. The zero-order valence-electron chi connectivity index (χ0n) is 13.5. The molecular weight excluding hydrogens is 338 g/mol. The lowest BCUT2D eigenvalue weighted by Crippen LogP contribution is -2.20. The van der Waals surface area contributed by atoms with Crippen molar-refractivity contribution in [3.8, 4) is 11.9 Å². The first-order chi connectivity index (χ1) is 12.0. The molecule has 0 saturated heterocycles. The molecule has 8 heteroatoms. The molecule has 126 valence electrons. The van der Waals surface area contributed by atoms with E-state index in [-0.39, 0.29) is 11.4 Å². The van der Waals surface area contributed by atoms with E-state index in [0.29, 0.717) is 18.7 Å². The van der Waals surface area contributed by atoms with Gasteiger partial charge in [-0.25, -0.2) is 13.4 Å². The number of nitrogens with zero attached hydrogens (tertiary/aromatic N) is 4. The molecule has 1 aromatic carbocycles. The largest absolute Gasteiger partial charge is 0.266 e. The summed E-state index contributed by atoms with van der Waals surface area (Å²) in [7, 11) is -3.52. The first kappa shape index (κ1) is 15.6. The summed E-state index contributed by atoms with van der Waals surface area (Å²) in [4.78, 5) is 4.56. The van der Waals surface area contributed by atoms with Crippen molar-refractivity contribution >= 4 is 26.7 Å². The van der Waals surface area contributed by atoms with E-state index in [4.69, 9.17) is 0 Å². The Hall–Kier alpha value is -2.92. The van der Waals surface area contributed by atoms with Gasteiger partial charge in [0.25, 0.3) is 0 Å². The van der Waals surface area contributed by atoms with Crippen LogP contribution in [-0.2, 0) is 10.0 Å². The molecule has 0 bridgehead atoms. The molecule has 0 radical (unpaired) electrons. The molecule has 1 aliphatic rings. The number of nitriles is 1. The van der Waals surface area contributed by atoms with Gasteiger partial charge in [-0.15, -0.1) is 0 Å². The number of fused-ring (bicyclic) bond motifs is 1. The van der Waals surface area contributed by atoms with Crippen molar-refractivity contribution in [3.63, 3.8) is 0 Å². The second kappa shape index (κ2) is 5.57. The number of hydrogen-bond acceptors (Lipinski definition) is 5. The Kier molecular flexibility index (Phi) is 3.47. The van der Waals surface area contributed by atoms with E-state index in [1.165, 1.54) is 10.9 Å². The molecule has 4 rings (SSSR count). The number of anilines is 1. The summed E-state index contributed by atoms with van der Waals surface area (Å²) >= 11 is 0. The van der Waals surface area contributed by atoms with Gasteiger partial charge in [0.2, 0.25) is 10.0 Å². The number of benzene rings is 1. The van der Waals surface area contributed by atoms with Crippen LogP contribution in [0.15, 0.2) is 36.5 Å². The number of para-hydroxylation sites is 1. The fraction of sp³-hybridized carbons (Fsp3) is 0.235. The molecule has 0 unspecified atom stereocenters. The predicted octanol–water partition coefficient (Wildman–Crippen LogP) is 2.50. The van der Waals surface area contributed by atoms with Crippen molar-refractivity contribution in [3.05, 3.63) is 47.7 Å². The van der Waals surface area contributed by atoms with Crippen molar-refractivity contribution in [2.45, 2.75) is 25.0 Å². The number of hydrogen-bond donors (Lipinski definition) is 1. The second-order valence-electron chi connectivity index (χ2n) is 6.09. The summed E-state index contributed by atoms with van der Waals surface area (Å²) < 4.78 is 28.5. The van der Waals surface area contributed by atoms with Gasteiger partial charge < -0.3 is 0 Å². The molecule has 0 amide bonds. The van der Waals surface area contributed by atoms with Gasteiger partial charge >= 0.3 is 0 Å². The lowest BCUT2D eigenvalue weighted by atomic mass is 10.1. The Balaban J connectivity index is 1.86. The van der Waals surface area contributed by atoms with Crippen LogP contribution < -0.4 is 4.72 Å². The Morgan fingerprint density at radius 3 is 2.80 bits per heavy atom. The SMILES string of the molecule is Cc1cc(-n2ncc(C#N)c2NS(=O)(=O)C2CC2)nc2ccccc12. The molecule has 1 fully saturated rings. The summed E-state index contributed by atoms with van der Waals surface area (Å²) in [6, 6.07) is 11.5. The Bertz CT molecular complexity index is 1120. The quantitative estimate of drug-likeness (QED) is 0.776. The summed E-state index contributed by atoms with van der Waals surface area (Å²) in [5.41, 5.74) is 1.94. The number of aromatic nitrogens is 3. The minimum atomic E-state index is -3.52. The van der Waals surface area contributed by atoms with E-state index in [9.17, 15) is 13.7 Å². The van der Waals surface area contributed by atoms with Crippen LogP contribution in [0, 0.1) is 18.3 Å². The molecule has 0 aliphatic heterocycles. The predicted molar refractivity (Wildman–Crippen MR) is 93.9 cm³/mol. The van der Waals surface area contributed by atoms with Gasteiger partial charge in [-0.3, -0.25) is 4.72 Å². The molecule has 0 spiro atoms. The maximum Gasteiger partial charge on any atom is 0.236 e. The van der Waals surface area contributed by atoms with Crippen LogP contribution in [0.25, 0.3) is 16.7 Å². The van der Waals surface area contributed by atoms with Crippen LogP contribution in [-0.4, -0.2) is 28.4 Å². The molecule has 1 aliphatic carbocycles. The maximum atomic E-state index is 12.3. The highest BCUT2D eigenvalue weighted by molar-refractivity contribution is 7.93. The average Bonchev–Trinajstić information content (AvgIpc) is 3.38. The zero-order chi connectivity index (χ0) is 17.6. The van der Waals surface area contributed by atoms with E-state index < -0.39 is 15.3 Å². The minimum absolute atomic E-state index is 0.136. The Morgan fingerprint density at radius 2 is 2.08 bits per heavy atom. The van der Waals surface area contributed by atoms with E-state index in [1.54, 1.807) is 0 Å². The van der Waals surface area contributed by atoms with Crippen molar-refractivity contribution in [2.75, 3.05) is 4.72 Å². The van der Waals surface area contributed by atoms with Crippen molar-refractivity contribution in [1.82, 2.24) is 14.8 Å². The molecule has 7 nitrogen and oxygen atoms in total. The van der Waals surface area contributed by atoms with E-state index in [0.717, 1.165) is 16.5 Å². The number of aryl methyl sites for hydroxylation is 1. The highest BCUT2D eigenvalue weighted by Gasteiger charge is 2.37. The minimum Gasteiger partial charge on any atom is -0.266 e. The third kappa shape index (κ3) is 2.72. The van der Waals surface area contributed by atoms with Crippen LogP contribution in [0.5, 0.6) is 0 Å². The standard InChI is InChI=1S/C17H15N5O2S/c1-11-8-16(20-15-5-3-2-4-14(11)15)22-17(12(9-18)10-19-22)21-25(23,24)13-6-7-13/h2-5,8,10,13,21H,6-7H2,1H3. The molecule has 0 atom stereocenters. The van der Waals surface area contributed by atoms with Gasteiger partial charge in [0.05, 0.1) is 17.0 Å². The molecule has 25 heavy (non-hydrogen) atoms. The molecular formula is C17H15N5O2S. The van der Waals surface area contributed by atoms with Crippen LogP contribution >= 0.6 is 0 Å². The second-order valence-corrected chi connectivity index (χ2v) is 8.05. The zero-order valence-corrected chi connectivity index (χ0v) is 14.3. The van der Waals surface area contributed by atoms with Crippen LogP contribution in [0.4, 0.5) is 5.82 Å². The van der Waals surface area contributed by atoms with Gasteiger partial charge in [0.15, 0.2) is 11.6 Å².